The molecule has 0 aromatic carbocycles. The van der Waals surface area contributed by atoms with Crippen LogP contribution in [0.1, 0.15) is 25.1 Å². The fourth-order valence-corrected chi connectivity index (χ4v) is 1.29. The minimum absolute atomic E-state index is 0.0859. The molecule has 0 aliphatic rings. The summed E-state index contributed by atoms with van der Waals surface area (Å²) in [7, 11) is 0. The van der Waals surface area contributed by atoms with E-state index in [1.54, 1.807) is 6.07 Å². The van der Waals surface area contributed by atoms with Crippen LogP contribution in [0.3, 0.4) is 0 Å². The van der Waals surface area contributed by atoms with Gasteiger partial charge in [0.25, 0.3) is 0 Å². The first-order valence-corrected chi connectivity index (χ1v) is 4.73. The average Bonchev–Trinajstić information content (AvgIpc) is 2.21. The molecule has 1 aromatic rings. The first kappa shape index (κ1) is 11.1. The minimum Gasteiger partial charge on any atom is -0.395 e. The van der Waals surface area contributed by atoms with Gasteiger partial charge in [0, 0.05) is 12.6 Å². The first-order chi connectivity index (χ1) is 6.77. The Morgan fingerprint density at radius 1 is 1.57 bits per heavy atom. The zero-order valence-corrected chi connectivity index (χ0v) is 8.20. The molecule has 1 aromatic heterocycles. The van der Waals surface area contributed by atoms with Crippen molar-refractivity contribution < 1.29 is 9.50 Å². The van der Waals surface area contributed by atoms with Crippen LogP contribution >= 0.6 is 0 Å². The van der Waals surface area contributed by atoms with Crippen LogP contribution in [0.25, 0.3) is 0 Å². The van der Waals surface area contributed by atoms with Crippen molar-refractivity contribution in [2.45, 2.75) is 19.4 Å². The van der Waals surface area contributed by atoms with E-state index in [0.717, 1.165) is 12.1 Å². The summed E-state index contributed by atoms with van der Waals surface area (Å²) in [6, 6.07) is 3.14. The SMILES string of the molecule is CCC(NCCO)c1ccc(F)cn1. The van der Waals surface area contributed by atoms with Gasteiger partial charge in [0.05, 0.1) is 18.5 Å². The van der Waals surface area contributed by atoms with Crippen molar-refractivity contribution in [2.24, 2.45) is 0 Å². The number of rotatable bonds is 5. The van der Waals surface area contributed by atoms with Gasteiger partial charge in [-0.1, -0.05) is 6.92 Å². The van der Waals surface area contributed by atoms with E-state index in [0.29, 0.717) is 6.54 Å². The molecule has 3 nitrogen and oxygen atoms in total. The monoisotopic (exact) mass is 198 g/mol. The minimum atomic E-state index is -0.328. The first-order valence-electron chi connectivity index (χ1n) is 4.73. The predicted octanol–water partition coefficient (Wildman–Crippen LogP) is 1.25. The van der Waals surface area contributed by atoms with E-state index in [2.05, 4.69) is 10.3 Å². The molecule has 0 saturated heterocycles. The molecule has 0 aliphatic carbocycles. The highest BCUT2D eigenvalue weighted by molar-refractivity contribution is 5.09. The van der Waals surface area contributed by atoms with Crippen molar-refractivity contribution in [3.8, 4) is 0 Å². The number of nitrogens with zero attached hydrogens (tertiary/aromatic N) is 1. The largest absolute Gasteiger partial charge is 0.395 e. The van der Waals surface area contributed by atoms with Crippen LogP contribution in [0, 0.1) is 5.82 Å². The van der Waals surface area contributed by atoms with Crippen LogP contribution in [-0.4, -0.2) is 23.2 Å². The topological polar surface area (TPSA) is 45.1 Å². The molecular weight excluding hydrogens is 183 g/mol. The van der Waals surface area contributed by atoms with Gasteiger partial charge < -0.3 is 10.4 Å². The molecule has 0 spiro atoms. The maximum atomic E-state index is 12.6. The summed E-state index contributed by atoms with van der Waals surface area (Å²) >= 11 is 0. The lowest BCUT2D eigenvalue weighted by molar-refractivity contribution is 0.283. The van der Waals surface area contributed by atoms with Crippen LogP contribution in [0.2, 0.25) is 0 Å². The molecule has 0 radical (unpaired) electrons. The van der Waals surface area contributed by atoms with E-state index < -0.39 is 0 Å². The smallest absolute Gasteiger partial charge is 0.141 e. The second kappa shape index (κ2) is 5.67. The number of aliphatic hydroxyl groups excluding tert-OH is 1. The van der Waals surface area contributed by atoms with E-state index in [9.17, 15) is 4.39 Å². The molecule has 0 saturated carbocycles. The Balaban J connectivity index is 2.64. The Morgan fingerprint density at radius 2 is 2.36 bits per heavy atom. The van der Waals surface area contributed by atoms with Crippen molar-refractivity contribution in [1.29, 1.82) is 0 Å². The third-order valence-corrected chi connectivity index (χ3v) is 2.02. The number of aromatic nitrogens is 1. The van der Waals surface area contributed by atoms with Gasteiger partial charge in [-0.3, -0.25) is 4.98 Å². The zero-order valence-electron chi connectivity index (χ0n) is 8.20. The Morgan fingerprint density at radius 3 is 2.86 bits per heavy atom. The summed E-state index contributed by atoms with van der Waals surface area (Å²) < 4.78 is 12.6. The number of nitrogens with one attached hydrogen (secondary N) is 1. The van der Waals surface area contributed by atoms with Crippen LogP contribution in [0.4, 0.5) is 4.39 Å². The maximum Gasteiger partial charge on any atom is 0.141 e. The summed E-state index contributed by atoms with van der Waals surface area (Å²) in [4.78, 5) is 3.98. The van der Waals surface area contributed by atoms with Crippen LogP contribution in [0.5, 0.6) is 0 Å². The molecule has 1 heterocycles. The highest BCUT2D eigenvalue weighted by Gasteiger charge is 2.08. The number of halogens is 1. The molecule has 0 bridgehead atoms. The molecule has 0 fully saturated rings. The Hall–Kier alpha value is -1.00. The highest BCUT2D eigenvalue weighted by Crippen LogP contribution is 2.13. The second-order valence-corrected chi connectivity index (χ2v) is 3.04. The summed E-state index contributed by atoms with van der Waals surface area (Å²) in [5.74, 6) is -0.328. The number of hydrogen-bond acceptors (Lipinski definition) is 3. The van der Waals surface area contributed by atoms with Crippen LogP contribution < -0.4 is 5.32 Å². The molecule has 1 unspecified atom stereocenters. The Labute approximate surface area is 83.0 Å². The van der Waals surface area contributed by atoms with Gasteiger partial charge in [0.2, 0.25) is 0 Å². The molecule has 14 heavy (non-hydrogen) atoms. The van der Waals surface area contributed by atoms with Gasteiger partial charge in [-0.25, -0.2) is 4.39 Å². The van der Waals surface area contributed by atoms with Crippen LogP contribution in [-0.2, 0) is 0 Å². The van der Waals surface area contributed by atoms with Crippen molar-refractivity contribution in [1.82, 2.24) is 10.3 Å². The number of hydrogen-bond donors (Lipinski definition) is 2. The standard InChI is InChI=1S/C10H15FN2O/c1-2-9(12-5-6-14)10-4-3-8(11)7-13-10/h3-4,7,9,12,14H,2,5-6H2,1H3. The molecule has 4 heteroatoms. The maximum absolute atomic E-state index is 12.6. The highest BCUT2D eigenvalue weighted by atomic mass is 19.1. The van der Waals surface area contributed by atoms with E-state index in [1.807, 2.05) is 6.92 Å². The van der Waals surface area contributed by atoms with Crippen molar-refractivity contribution >= 4 is 0 Å². The molecule has 1 atom stereocenters. The lowest BCUT2D eigenvalue weighted by Gasteiger charge is -2.15. The lowest BCUT2D eigenvalue weighted by atomic mass is 10.1. The average molecular weight is 198 g/mol. The van der Waals surface area contributed by atoms with E-state index in [1.165, 1.54) is 12.3 Å². The molecular formula is C10H15FN2O. The van der Waals surface area contributed by atoms with Gasteiger partial charge in [-0.05, 0) is 18.6 Å². The van der Waals surface area contributed by atoms with Gasteiger partial charge in [-0.2, -0.15) is 0 Å². The third kappa shape index (κ3) is 3.05. The quantitative estimate of drug-likeness (QED) is 0.748. The van der Waals surface area contributed by atoms with E-state index in [-0.39, 0.29) is 18.5 Å². The Bertz CT molecular complexity index is 263. The number of aliphatic hydroxyl groups is 1. The van der Waals surface area contributed by atoms with Gasteiger partial charge in [0.1, 0.15) is 5.82 Å². The molecule has 1 rings (SSSR count). The zero-order chi connectivity index (χ0) is 10.4. The predicted molar refractivity (Wildman–Crippen MR) is 52.3 cm³/mol. The summed E-state index contributed by atoms with van der Waals surface area (Å²) in [5, 5.41) is 11.8. The molecule has 0 amide bonds. The normalized spacial score (nSPS) is 12.8. The summed E-state index contributed by atoms with van der Waals surface area (Å²) in [6.45, 7) is 2.63. The van der Waals surface area contributed by atoms with E-state index >= 15 is 0 Å². The van der Waals surface area contributed by atoms with Crippen molar-refractivity contribution in [2.75, 3.05) is 13.2 Å². The summed E-state index contributed by atoms with van der Waals surface area (Å²) in [6.07, 6.45) is 2.07. The number of pyridine rings is 1. The molecule has 2 N–H and O–H groups in total. The molecule has 78 valence electrons. The van der Waals surface area contributed by atoms with Crippen molar-refractivity contribution in [3.05, 3.63) is 29.8 Å². The van der Waals surface area contributed by atoms with Crippen molar-refractivity contribution in [3.63, 3.8) is 0 Å². The second-order valence-electron chi connectivity index (χ2n) is 3.04. The van der Waals surface area contributed by atoms with Gasteiger partial charge >= 0.3 is 0 Å². The fraction of sp³-hybridized carbons (Fsp3) is 0.500. The Kier molecular flexibility index (Phi) is 4.49. The van der Waals surface area contributed by atoms with E-state index in [4.69, 9.17) is 5.11 Å². The lowest BCUT2D eigenvalue weighted by Crippen LogP contribution is -2.24. The van der Waals surface area contributed by atoms with Gasteiger partial charge in [-0.15, -0.1) is 0 Å². The summed E-state index contributed by atoms with van der Waals surface area (Å²) in [5.41, 5.74) is 0.808. The third-order valence-electron chi connectivity index (χ3n) is 2.02. The fourth-order valence-electron chi connectivity index (χ4n) is 1.29. The van der Waals surface area contributed by atoms with Crippen LogP contribution in [0.15, 0.2) is 18.3 Å². The molecule has 0 aliphatic heterocycles. The van der Waals surface area contributed by atoms with Gasteiger partial charge in [0.15, 0.2) is 0 Å².